The second-order valence-corrected chi connectivity index (χ2v) is 7.36. The van der Waals surface area contributed by atoms with Crippen molar-refractivity contribution in [2.24, 2.45) is 0 Å². The number of halogens is 2. The average molecular weight is 360 g/mol. The fraction of sp³-hybridized carbons (Fsp3) is 0.400. The maximum atomic E-state index is 14.2. The maximum absolute atomic E-state index is 14.2. The summed E-state index contributed by atoms with van der Waals surface area (Å²) in [5, 5.41) is 3.81. The number of nitrogens with one attached hydrogen (secondary N) is 1. The van der Waals surface area contributed by atoms with Crippen molar-refractivity contribution in [2.45, 2.75) is 24.3 Å². The summed E-state index contributed by atoms with van der Waals surface area (Å²) in [7, 11) is -3.76. The van der Waals surface area contributed by atoms with Crippen LogP contribution in [0.4, 0.5) is 4.39 Å². The molecule has 1 fully saturated rings. The number of pyridine rings is 1. The molecule has 1 aliphatic heterocycles. The van der Waals surface area contributed by atoms with Gasteiger partial charge in [-0.3, -0.25) is 4.98 Å². The lowest BCUT2D eigenvalue weighted by atomic mass is 10.2. The van der Waals surface area contributed by atoms with Crippen LogP contribution in [0.3, 0.4) is 0 Å². The summed E-state index contributed by atoms with van der Waals surface area (Å²) in [6, 6.07) is 4.58. The first-order valence-corrected chi connectivity index (χ1v) is 8.70. The van der Waals surface area contributed by atoms with E-state index in [0.29, 0.717) is 18.5 Å². The quantitative estimate of drug-likeness (QED) is 0.892. The SMILES string of the molecule is C[C@@H]1CNCCCN1S(=O)(=O)c1cccc2cncc(F)c12.Cl. The van der Waals surface area contributed by atoms with Gasteiger partial charge in [-0.2, -0.15) is 4.31 Å². The van der Waals surface area contributed by atoms with Crippen molar-refractivity contribution in [2.75, 3.05) is 19.6 Å². The fourth-order valence-corrected chi connectivity index (χ4v) is 4.74. The van der Waals surface area contributed by atoms with Crippen LogP contribution in [0.1, 0.15) is 13.3 Å². The van der Waals surface area contributed by atoms with Gasteiger partial charge in [-0.15, -0.1) is 12.4 Å². The Morgan fingerprint density at radius 1 is 1.35 bits per heavy atom. The molecule has 1 aromatic heterocycles. The standard InChI is InChI=1S/C15H18FN3O2S.ClH/c1-11-8-17-6-3-7-19(11)22(20,21)14-5-2-4-12-9-18-10-13(16)15(12)14;/h2,4-5,9-11,17H,3,6-8H2,1H3;1H/t11-;/m1./s1. The second-order valence-electron chi connectivity index (χ2n) is 5.50. The molecule has 0 bridgehead atoms. The lowest BCUT2D eigenvalue weighted by Gasteiger charge is -2.26. The molecule has 1 N–H and O–H groups in total. The minimum atomic E-state index is -3.76. The van der Waals surface area contributed by atoms with Crippen LogP contribution < -0.4 is 5.32 Å². The van der Waals surface area contributed by atoms with Gasteiger partial charge in [0.15, 0.2) is 5.82 Å². The van der Waals surface area contributed by atoms with Crippen LogP contribution in [0.5, 0.6) is 0 Å². The molecule has 0 aliphatic carbocycles. The molecule has 1 aromatic carbocycles. The molecule has 23 heavy (non-hydrogen) atoms. The molecular formula is C15H19ClFN3O2S. The van der Waals surface area contributed by atoms with E-state index in [9.17, 15) is 12.8 Å². The first-order chi connectivity index (χ1) is 10.5. The van der Waals surface area contributed by atoms with E-state index in [0.717, 1.165) is 19.2 Å². The number of rotatable bonds is 2. The van der Waals surface area contributed by atoms with E-state index in [-0.39, 0.29) is 28.7 Å². The van der Waals surface area contributed by atoms with E-state index < -0.39 is 15.8 Å². The molecule has 5 nitrogen and oxygen atoms in total. The lowest BCUT2D eigenvalue weighted by Crippen LogP contribution is -2.41. The number of aromatic nitrogens is 1. The number of hydrogen-bond acceptors (Lipinski definition) is 4. The normalized spacial score (nSPS) is 20.0. The van der Waals surface area contributed by atoms with Crippen LogP contribution in [0, 0.1) is 5.82 Å². The van der Waals surface area contributed by atoms with Crippen molar-refractivity contribution in [3.8, 4) is 0 Å². The third-order valence-corrected chi connectivity index (χ3v) is 6.00. The van der Waals surface area contributed by atoms with E-state index in [1.807, 2.05) is 6.92 Å². The Bertz CT molecular complexity index is 795. The molecule has 2 heterocycles. The molecule has 1 aliphatic rings. The zero-order chi connectivity index (χ0) is 15.7. The van der Waals surface area contributed by atoms with Crippen LogP contribution in [0.25, 0.3) is 10.8 Å². The third kappa shape index (κ3) is 3.33. The Labute approximate surface area is 141 Å². The van der Waals surface area contributed by atoms with Gasteiger partial charge in [0.05, 0.1) is 11.1 Å². The molecule has 2 aromatic rings. The summed E-state index contributed by atoms with van der Waals surface area (Å²) in [5.74, 6) is -0.614. The Kier molecular flexibility index (Phi) is 5.57. The van der Waals surface area contributed by atoms with Gasteiger partial charge in [-0.25, -0.2) is 12.8 Å². The summed E-state index contributed by atoms with van der Waals surface area (Å²) in [4.78, 5) is 3.80. The minimum Gasteiger partial charge on any atom is -0.315 e. The van der Waals surface area contributed by atoms with E-state index in [1.54, 1.807) is 12.1 Å². The lowest BCUT2D eigenvalue weighted by molar-refractivity contribution is 0.353. The molecule has 126 valence electrons. The van der Waals surface area contributed by atoms with Crippen molar-refractivity contribution >= 4 is 33.2 Å². The monoisotopic (exact) mass is 359 g/mol. The predicted molar refractivity (Wildman–Crippen MR) is 89.8 cm³/mol. The molecule has 0 amide bonds. The predicted octanol–water partition coefficient (Wildman–Crippen LogP) is 2.17. The summed E-state index contributed by atoms with van der Waals surface area (Å²) in [6.45, 7) is 3.66. The summed E-state index contributed by atoms with van der Waals surface area (Å²) >= 11 is 0. The van der Waals surface area contributed by atoms with Crippen LogP contribution in [0.2, 0.25) is 0 Å². The van der Waals surface area contributed by atoms with Gasteiger partial charge in [0.2, 0.25) is 10.0 Å². The average Bonchev–Trinajstić information content (AvgIpc) is 2.72. The van der Waals surface area contributed by atoms with Crippen molar-refractivity contribution in [3.63, 3.8) is 0 Å². The molecule has 1 atom stereocenters. The highest BCUT2D eigenvalue weighted by Gasteiger charge is 2.31. The minimum absolute atomic E-state index is 0. The van der Waals surface area contributed by atoms with E-state index in [1.165, 1.54) is 16.6 Å². The van der Waals surface area contributed by atoms with E-state index in [2.05, 4.69) is 10.3 Å². The van der Waals surface area contributed by atoms with Crippen LogP contribution in [-0.4, -0.2) is 43.4 Å². The largest absolute Gasteiger partial charge is 0.315 e. The van der Waals surface area contributed by atoms with Crippen LogP contribution in [-0.2, 0) is 10.0 Å². The maximum Gasteiger partial charge on any atom is 0.244 e. The van der Waals surface area contributed by atoms with Gasteiger partial charge in [0.1, 0.15) is 0 Å². The van der Waals surface area contributed by atoms with Crippen molar-refractivity contribution in [1.82, 2.24) is 14.6 Å². The third-order valence-electron chi connectivity index (χ3n) is 3.95. The first kappa shape index (κ1) is 18.1. The summed E-state index contributed by atoms with van der Waals surface area (Å²) in [6.07, 6.45) is 3.26. The fourth-order valence-electron chi connectivity index (χ4n) is 2.85. The van der Waals surface area contributed by atoms with Crippen molar-refractivity contribution < 1.29 is 12.8 Å². The summed E-state index contributed by atoms with van der Waals surface area (Å²) in [5.41, 5.74) is 0. The Balaban J connectivity index is 0.00000192. The van der Waals surface area contributed by atoms with E-state index in [4.69, 9.17) is 0 Å². The number of benzene rings is 1. The van der Waals surface area contributed by atoms with Crippen LogP contribution >= 0.6 is 12.4 Å². The second kappa shape index (κ2) is 7.09. The molecule has 0 radical (unpaired) electrons. The number of fused-ring (bicyclic) bond motifs is 1. The van der Waals surface area contributed by atoms with Gasteiger partial charge >= 0.3 is 0 Å². The smallest absolute Gasteiger partial charge is 0.244 e. The van der Waals surface area contributed by atoms with Crippen LogP contribution in [0.15, 0.2) is 35.5 Å². The topological polar surface area (TPSA) is 62.3 Å². The van der Waals surface area contributed by atoms with Crippen molar-refractivity contribution in [3.05, 3.63) is 36.4 Å². The number of nitrogens with zero attached hydrogens (tertiary/aromatic N) is 2. The highest BCUT2D eigenvalue weighted by Crippen LogP contribution is 2.28. The molecule has 1 saturated heterocycles. The molecular weight excluding hydrogens is 341 g/mol. The first-order valence-electron chi connectivity index (χ1n) is 7.26. The molecule has 0 saturated carbocycles. The highest BCUT2D eigenvalue weighted by atomic mass is 35.5. The summed E-state index contributed by atoms with van der Waals surface area (Å²) < 4.78 is 41.7. The van der Waals surface area contributed by atoms with Crippen molar-refractivity contribution in [1.29, 1.82) is 0 Å². The Hall–Kier alpha value is -1.28. The number of sulfonamides is 1. The van der Waals surface area contributed by atoms with Gasteiger partial charge in [-0.05, 0) is 26.0 Å². The highest BCUT2D eigenvalue weighted by molar-refractivity contribution is 7.89. The van der Waals surface area contributed by atoms with Gasteiger partial charge in [0.25, 0.3) is 0 Å². The van der Waals surface area contributed by atoms with Gasteiger partial charge in [0, 0.05) is 36.1 Å². The zero-order valence-electron chi connectivity index (χ0n) is 12.7. The number of hydrogen-bond donors (Lipinski definition) is 1. The molecule has 0 unspecified atom stereocenters. The molecule has 3 rings (SSSR count). The Morgan fingerprint density at radius 2 is 2.13 bits per heavy atom. The molecule has 0 spiro atoms. The van der Waals surface area contributed by atoms with Gasteiger partial charge < -0.3 is 5.32 Å². The van der Waals surface area contributed by atoms with Gasteiger partial charge in [-0.1, -0.05) is 12.1 Å². The Morgan fingerprint density at radius 3 is 2.91 bits per heavy atom. The van der Waals surface area contributed by atoms with E-state index >= 15 is 0 Å². The zero-order valence-corrected chi connectivity index (χ0v) is 14.3. The molecule has 8 heteroatoms.